The van der Waals surface area contributed by atoms with Gasteiger partial charge < -0.3 is 10.1 Å². The van der Waals surface area contributed by atoms with Gasteiger partial charge in [0.1, 0.15) is 0 Å². The van der Waals surface area contributed by atoms with Crippen molar-refractivity contribution in [3.8, 4) is 0 Å². The molecule has 1 rings (SSSR count). The minimum absolute atomic E-state index is 0.231. The van der Waals surface area contributed by atoms with Crippen LogP contribution in [-0.4, -0.2) is 35.6 Å². The van der Waals surface area contributed by atoms with E-state index >= 15 is 0 Å². The predicted octanol–water partition coefficient (Wildman–Crippen LogP) is 2.17. The molecule has 0 saturated heterocycles. The average molecular weight is 267 g/mol. The summed E-state index contributed by atoms with van der Waals surface area (Å²) in [6.07, 6.45) is 2.16. The Morgan fingerprint density at radius 1 is 1.37 bits per heavy atom. The van der Waals surface area contributed by atoms with Gasteiger partial charge in [-0.15, -0.1) is 0 Å². The Balaban J connectivity index is 2.81. The molecule has 2 atom stereocenters. The fourth-order valence-corrected chi connectivity index (χ4v) is 2.51. The van der Waals surface area contributed by atoms with Gasteiger partial charge in [0, 0.05) is 31.8 Å². The van der Waals surface area contributed by atoms with Crippen LogP contribution in [0.4, 0.5) is 0 Å². The normalized spacial score (nSPS) is 14.9. The van der Waals surface area contributed by atoms with Gasteiger partial charge in [-0.05, 0) is 32.4 Å². The summed E-state index contributed by atoms with van der Waals surface area (Å²) in [6.45, 7) is 9.38. The molecule has 19 heavy (non-hydrogen) atoms. The summed E-state index contributed by atoms with van der Waals surface area (Å²) in [5.41, 5.74) is 2.42. The molecule has 0 bridgehead atoms. The molecule has 4 nitrogen and oxygen atoms in total. The number of aryl methyl sites for hydroxylation is 2. The minimum atomic E-state index is 0.231. The lowest BCUT2D eigenvalue weighted by Crippen LogP contribution is -2.44. The lowest BCUT2D eigenvalue weighted by molar-refractivity contribution is 0.00497. The highest BCUT2D eigenvalue weighted by atomic mass is 16.5. The van der Waals surface area contributed by atoms with Crippen LogP contribution in [0.2, 0.25) is 0 Å². The van der Waals surface area contributed by atoms with Crippen molar-refractivity contribution in [2.75, 3.05) is 13.7 Å². The van der Waals surface area contributed by atoms with Gasteiger partial charge in [0.2, 0.25) is 0 Å². The Kier molecular flexibility index (Phi) is 6.52. The second-order valence-electron chi connectivity index (χ2n) is 5.37. The number of aromatic nitrogens is 2. The Hall–Kier alpha value is -0.870. The maximum absolute atomic E-state index is 5.91. The van der Waals surface area contributed by atoms with Crippen molar-refractivity contribution in [2.45, 2.75) is 52.7 Å². The first-order valence-electron chi connectivity index (χ1n) is 7.34. The van der Waals surface area contributed by atoms with Crippen LogP contribution in [0.3, 0.4) is 0 Å². The SMILES string of the molecule is CCOC(C(C)C)C(Cc1cc(CC)nn1C)NC. The molecule has 0 fully saturated rings. The van der Waals surface area contributed by atoms with E-state index in [9.17, 15) is 0 Å². The van der Waals surface area contributed by atoms with Crippen LogP contribution in [0.25, 0.3) is 0 Å². The highest BCUT2D eigenvalue weighted by Gasteiger charge is 2.25. The topological polar surface area (TPSA) is 39.1 Å². The second-order valence-corrected chi connectivity index (χ2v) is 5.37. The first kappa shape index (κ1) is 16.2. The second kappa shape index (κ2) is 7.65. The molecule has 0 saturated carbocycles. The Labute approximate surface area is 117 Å². The fourth-order valence-electron chi connectivity index (χ4n) is 2.51. The molecule has 0 aliphatic carbocycles. The van der Waals surface area contributed by atoms with Crippen molar-refractivity contribution >= 4 is 0 Å². The molecule has 1 heterocycles. The largest absolute Gasteiger partial charge is 0.377 e. The van der Waals surface area contributed by atoms with E-state index in [1.54, 1.807) is 0 Å². The molecule has 0 radical (unpaired) electrons. The molecular weight excluding hydrogens is 238 g/mol. The van der Waals surface area contributed by atoms with E-state index in [2.05, 4.69) is 44.2 Å². The van der Waals surface area contributed by atoms with Crippen molar-refractivity contribution < 1.29 is 4.74 Å². The summed E-state index contributed by atoms with van der Waals surface area (Å²) in [4.78, 5) is 0. The van der Waals surface area contributed by atoms with Crippen molar-refractivity contribution in [3.05, 3.63) is 17.5 Å². The number of rotatable bonds is 8. The summed E-state index contributed by atoms with van der Waals surface area (Å²) < 4.78 is 7.90. The summed E-state index contributed by atoms with van der Waals surface area (Å²) in [5.74, 6) is 0.497. The van der Waals surface area contributed by atoms with Crippen LogP contribution in [0.5, 0.6) is 0 Å². The van der Waals surface area contributed by atoms with Gasteiger partial charge in [0.25, 0.3) is 0 Å². The first-order valence-corrected chi connectivity index (χ1v) is 7.34. The number of nitrogens with one attached hydrogen (secondary N) is 1. The van der Waals surface area contributed by atoms with E-state index in [0.717, 1.165) is 25.1 Å². The number of hydrogen-bond donors (Lipinski definition) is 1. The predicted molar refractivity (Wildman–Crippen MR) is 79.4 cm³/mol. The minimum Gasteiger partial charge on any atom is -0.377 e. The third-order valence-corrected chi connectivity index (χ3v) is 3.60. The fraction of sp³-hybridized carbons (Fsp3) is 0.800. The van der Waals surface area contributed by atoms with E-state index in [-0.39, 0.29) is 6.10 Å². The first-order chi connectivity index (χ1) is 9.03. The molecule has 2 unspecified atom stereocenters. The Morgan fingerprint density at radius 2 is 2.05 bits per heavy atom. The molecule has 0 spiro atoms. The zero-order valence-corrected chi connectivity index (χ0v) is 13.2. The standard InChI is InChI=1S/C15H29N3O/c1-7-12-9-13(18(6)17-12)10-14(16-5)15(11(3)4)19-8-2/h9,11,14-16H,7-8,10H2,1-6H3. The van der Waals surface area contributed by atoms with Gasteiger partial charge in [-0.25, -0.2) is 0 Å². The molecule has 0 aliphatic rings. The van der Waals surface area contributed by atoms with Crippen LogP contribution < -0.4 is 5.32 Å². The van der Waals surface area contributed by atoms with E-state index in [4.69, 9.17) is 4.74 Å². The molecule has 1 aromatic rings. The third-order valence-electron chi connectivity index (χ3n) is 3.60. The maximum Gasteiger partial charge on any atom is 0.0754 e. The van der Waals surface area contributed by atoms with Gasteiger partial charge in [-0.1, -0.05) is 20.8 Å². The van der Waals surface area contributed by atoms with Crippen LogP contribution in [0, 0.1) is 5.92 Å². The molecule has 0 aromatic carbocycles. The van der Waals surface area contributed by atoms with Crippen LogP contribution in [0.15, 0.2) is 6.07 Å². The Morgan fingerprint density at radius 3 is 2.47 bits per heavy atom. The molecule has 1 N–H and O–H groups in total. The Bertz CT molecular complexity index is 373. The smallest absolute Gasteiger partial charge is 0.0754 e. The highest BCUT2D eigenvalue weighted by molar-refractivity contribution is 5.12. The number of ether oxygens (including phenoxy) is 1. The molecule has 110 valence electrons. The van der Waals surface area contributed by atoms with Crippen LogP contribution in [-0.2, 0) is 24.6 Å². The average Bonchev–Trinajstić information content (AvgIpc) is 2.74. The van der Waals surface area contributed by atoms with Crippen LogP contribution in [0.1, 0.15) is 39.1 Å². The van der Waals surface area contributed by atoms with Gasteiger partial charge in [0.05, 0.1) is 11.8 Å². The zero-order chi connectivity index (χ0) is 14.4. The van der Waals surface area contributed by atoms with E-state index in [1.807, 2.05) is 18.8 Å². The monoisotopic (exact) mass is 267 g/mol. The zero-order valence-electron chi connectivity index (χ0n) is 13.2. The maximum atomic E-state index is 5.91. The van der Waals surface area contributed by atoms with E-state index in [1.165, 1.54) is 5.69 Å². The van der Waals surface area contributed by atoms with Gasteiger partial charge >= 0.3 is 0 Å². The summed E-state index contributed by atoms with van der Waals surface area (Å²) in [5, 5.41) is 7.92. The van der Waals surface area contributed by atoms with Gasteiger partial charge in [-0.2, -0.15) is 5.10 Å². The number of nitrogens with zero attached hydrogens (tertiary/aromatic N) is 2. The van der Waals surface area contributed by atoms with Crippen molar-refractivity contribution in [1.82, 2.24) is 15.1 Å². The summed E-state index contributed by atoms with van der Waals surface area (Å²) in [6, 6.07) is 2.52. The quantitative estimate of drug-likeness (QED) is 0.784. The summed E-state index contributed by atoms with van der Waals surface area (Å²) in [7, 11) is 4.03. The van der Waals surface area contributed by atoms with Gasteiger partial charge in [-0.3, -0.25) is 4.68 Å². The van der Waals surface area contributed by atoms with Gasteiger partial charge in [0.15, 0.2) is 0 Å². The van der Waals surface area contributed by atoms with E-state index in [0.29, 0.717) is 12.0 Å². The van der Waals surface area contributed by atoms with E-state index < -0.39 is 0 Å². The molecule has 0 aliphatic heterocycles. The third kappa shape index (κ3) is 4.32. The summed E-state index contributed by atoms with van der Waals surface area (Å²) >= 11 is 0. The lowest BCUT2D eigenvalue weighted by Gasteiger charge is -2.29. The van der Waals surface area contributed by atoms with Crippen molar-refractivity contribution in [3.63, 3.8) is 0 Å². The lowest BCUT2D eigenvalue weighted by atomic mass is 9.95. The van der Waals surface area contributed by atoms with Crippen molar-refractivity contribution in [1.29, 1.82) is 0 Å². The number of likely N-dealkylation sites (N-methyl/N-ethyl adjacent to an activating group) is 1. The highest BCUT2D eigenvalue weighted by Crippen LogP contribution is 2.16. The van der Waals surface area contributed by atoms with Crippen molar-refractivity contribution in [2.24, 2.45) is 13.0 Å². The molecule has 4 heteroatoms. The molecular formula is C15H29N3O. The van der Waals surface area contributed by atoms with Crippen LogP contribution >= 0.6 is 0 Å². The molecule has 0 amide bonds. The number of hydrogen-bond acceptors (Lipinski definition) is 3. The molecule has 1 aromatic heterocycles.